The van der Waals surface area contributed by atoms with Crippen LogP contribution < -0.4 is 10.1 Å². The summed E-state index contributed by atoms with van der Waals surface area (Å²) < 4.78 is 5.54. The van der Waals surface area contributed by atoms with E-state index in [2.05, 4.69) is 29.1 Å². The third kappa shape index (κ3) is 5.84. The van der Waals surface area contributed by atoms with E-state index in [9.17, 15) is 0 Å². The molecule has 0 aliphatic rings. The van der Waals surface area contributed by atoms with E-state index in [4.69, 9.17) is 4.74 Å². The Morgan fingerprint density at radius 1 is 1.28 bits per heavy atom. The molecule has 0 amide bonds. The summed E-state index contributed by atoms with van der Waals surface area (Å²) in [5.41, 5.74) is 0. The molecular weight excluding hydrogens is 226 g/mol. The van der Waals surface area contributed by atoms with E-state index in [1.165, 1.54) is 19.3 Å². The first-order valence-corrected chi connectivity index (χ1v) is 6.88. The number of hydrogen-bond acceptors (Lipinski definition) is 4. The van der Waals surface area contributed by atoms with E-state index in [0.29, 0.717) is 17.9 Å². The molecule has 0 saturated carbocycles. The molecule has 4 heteroatoms. The molecule has 1 N–H and O–H groups in total. The van der Waals surface area contributed by atoms with Crippen LogP contribution in [0.1, 0.15) is 53.4 Å². The maximum atomic E-state index is 5.54. The van der Waals surface area contributed by atoms with Gasteiger partial charge in [0.15, 0.2) is 0 Å². The number of hydrogen-bond donors (Lipinski definition) is 1. The predicted octanol–water partition coefficient (Wildman–Crippen LogP) is 3.64. The lowest BCUT2D eigenvalue weighted by Gasteiger charge is -2.14. The Morgan fingerprint density at radius 3 is 2.72 bits per heavy atom. The Morgan fingerprint density at radius 2 is 2.06 bits per heavy atom. The van der Waals surface area contributed by atoms with Crippen LogP contribution in [0.15, 0.2) is 12.3 Å². The second-order valence-electron chi connectivity index (χ2n) is 4.93. The molecule has 0 aliphatic carbocycles. The summed E-state index contributed by atoms with van der Waals surface area (Å²) in [6.07, 6.45) is 6.78. The van der Waals surface area contributed by atoms with Gasteiger partial charge in [0.05, 0.1) is 6.10 Å². The van der Waals surface area contributed by atoms with Gasteiger partial charge in [-0.3, -0.25) is 0 Å². The third-order valence-electron chi connectivity index (χ3n) is 2.60. The summed E-state index contributed by atoms with van der Waals surface area (Å²) in [5, 5.41) is 3.31. The van der Waals surface area contributed by atoms with Crippen LogP contribution in [0.5, 0.6) is 5.88 Å². The molecular formula is C14H25N3O. The smallest absolute Gasteiger partial charge is 0.226 e. The normalized spacial score (nSPS) is 12.5. The molecule has 4 nitrogen and oxygen atoms in total. The van der Waals surface area contributed by atoms with Crippen LogP contribution in [0.3, 0.4) is 0 Å². The largest absolute Gasteiger partial charge is 0.475 e. The van der Waals surface area contributed by atoms with Crippen molar-refractivity contribution in [1.82, 2.24) is 9.97 Å². The minimum Gasteiger partial charge on any atom is -0.475 e. The molecule has 0 aliphatic heterocycles. The van der Waals surface area contributed by atoms with Gasteiger partial charge in [-0.15, -0.1) is 0 Å². The van der Waals surface area contributed by atoms with Crippen molar-refractivity contribution < 1.29 is 4.74 Å². The van der Waals surface area contributed by atoms with E-state index >= 15 is 0 Å². The Labute approximate surface area is 110 Å². The molecule has 1 atom stereocenters. The van der Waals surface area contributed by atoms with Gasteiger partial charge in [0.1, 0.15) is 0 Å². The average molecular weight is 251 g/mol. The van der Waals surface area contributed by atoms with Gasteiger partial charge in [0.25, 0.3) is 0 Å². The fourth-order valence-electron chi connectivity index (χ4n) is 1.71. The molecule has 1 heterocycles. The zero-order chi connectivity index (χ0) is 13.4. The maximum Gasteiger partial charge on any atom is 0.226 e. The molecule has 0 bridgehead atoms. The van der Waals surface area contributed by atoms with E-state index < -0.39 is 0 Å². The van der Waals surface area contributed by atoms with Crippen LogP contribution in [0, 0.1) is 0 Å². The van der Waals surface area contributed by atoms with Gasteiger partial charge in [-0.25, -0.2) is 4.98 Å². The Kier molecular flexibility index (Phi) is 6.47. The predicted molar refractivity (Wildman–Crippen MR) is 75.0 cm³/mol. The van der Waals surface area contributed by atoms with Crippen molar-refractivity contribution >= 4 is 5.95 Å². The van der Waals surface area contributed by atoms with E-state index in [1.807, 2.05) is 13.8 Å². The number of nitrogens with one attached hydrogen (secondary N) is 1. The second kappa shape index (κ2) is 7.90. The number of anilines is 1. The fraction of sp³-hybridized carbons (Fsp3) is 0.714. The van der Waals surface area contributed by atoms with Crippen LogP contribution in [0.2, 0.25) is 0 Å². The van der Waals surface area contributed by atoms with Gasteiger partial charge in [0.2, 0.25) is 11.8 Å². The maximum absolute atomic E-state index is 5.54. The Bertz CT molecular complexity index is 342. The molecule has 1 aromatic heterocycles. The average Bonchev–Trinajstić information content (AvgIpc) is 2.28. The second-order valence-corrected chi connectivity index (χ2v) is 4.93. The van der Waals surface area contributed by atoms with Crippen molar-refractivity contribution in [3.05, 3.63) is 12.3 Å². The van der Waals surface area contributed by atoms with Crippen molar-refractivity contribution in [1.29, 1.82) is 0 Å². The lowest BCUT2D eigenvalue weighted by molar-refractivity contribution is 0.232. The number of aromatic nitrogens is 2. The molecule has 0 saturated heterocycles. The van der Waals surface area contributed by atoms with Crippen LogP contribution in [-0.4, -0.2) is 22.1 Å². The van der Waals surface area contributed by atoms with Gasteiger partial charge in [-0.2, -0.15) is 4.98 Å². The van der Waals surface area contributed by atoms with Crippen molar-refractivity contribution in [3.8, 4) is 5.88 Å². The van der Waals surface area contributed by atoms with Crippen molar-refractivity contribution in [2.45, 2.75) is 65.5 Å². The summed E-state index contributed by atoms with van der Waals surface area (Å²) >= 11 is 0. The van der Waals surface area contributed by atoms with Crippen LogP contribution >= 0.6 is 0 Å². The van der Waals surface area contributed by atoms with Crippen LogP contribution in [0.4, 0.5) is 5.95 Å². The molecule has 1 aromatic rings. The van der Waals surface area contributed by atoms with Gasteiger partial charge in [0, 0.05) is 18.3 Å². The molecule has 0 aromatic carbocycles. The highest BCUT2D eigenvalue weighted by Gasteiger charge is 2.06. The highest BCUT2D eigenvalue weighted by Crippen LogP contribution is 2.12. The highest BCUT2D eigenvalue weighted by atomic mass is 16.5. The van der Waals surface area contributed by atoms with Gasteiger partial charge >= 0.3 is 0 Å². The number of unbranched alkanes of at least 4 members (excludes halogenated alkanes) is 2. The van der Waals surface area contributed by atoms with E-state index in [1.54, 1.807) is 12.3 Å². The molecule has 0 fully saturated rings. The SMILES string of the molecule is CCCCCC(C)Nc1nccc(OC(C)C)n1. The van der Waals surface area contributed by atoms with Gasteiger partial charge in [-0.1, -0.05) is 26.2 Å². The van der Waals surface area contributed by atoms with Crippen molar-refractivity contribution in [3.63, 3.8) is 0 Å². The molecule has 102 valence electrons. The molecule has 0 radical (unpaired) electrons. The standard InChI is InChI=1S/C14H25N3O/c1-5-6-7-8-12(4)16-14-15-10-9-13(17-14)18-11(2)3/h9-12H,5-8H2,1-4H3,(H,15,16,17). The first kappa shape index (κ1) is 14.7. The van der Waals surface area contributed by atoms with Crippen molar-refractivity contribution in [2.75, 3.05) is 5.32 Å². The molecule has 1 rings (SSSR count). The first-order chi connectivity index (χ1) is 8.61. The molecule has 0 spiro atoms. The van der Waals surface area contributed by atoms with Crippen LogP contribution in [-0.2, 0) is 0 Å². The first-order valence-electron chi connectivity index (χ1n) is 6.88. The highest BCUT2D eigenvalue weighted by molar-refractivity contribution is 5.28. The zero-order valence-corrected chi connectivity index (χ0v) is 11.9. The Balaban J connectivity index is 2.45. The summed E-state index contributed by atoms with van der Waals surface area (Å²) in [7, 11) is 0. The van der Waals surface area contributed by atoms with E-state index in [-0.39, 0.29) is 6.10 Å². The van der Waals surface area contributed by atoms with Gasteiger partial charge in [-0.05, 0) is 27.2 Å². The number of nitrogens with zero attached hydrogens (tertiary/aromatic N) is 2. The Hall–Kier alpha value is -1.32. The zero-order valence-electron chi connectivity index (χ0n) is 11.9. The summed E-state index contributed by atoms with van der Waals surface area (Å²) in [6, 6.07) is 2.18. The van der Waals surface area contributed by atoms with Gasteiger partial charge < -0.3 is 10.1 Å². The minimum atomic E-state index is 0.134. The quantitative estimate of drug-likeness (QED) is 0.716. The van der Waals surface area contributed by atoms with Crippen LogP contribution in [0.25, 0.3) is 0 Å². The minimum absolute atomic E-state index is 0.134. The summed E-state index contributed by atoms with van der Waals surface area (Å²) in [5.74, 6) is 1.28. The third-order valence-corrected chi connectivity index (χ3v) is 2.60. The topological polar surface area (TPSA) is 47.0 Å². The summed E-state index contributed by atoms with van der Waals surface area (Å²) in [6.45, 7) is 8.36. The fourth-order valence-corrected chi connectivity index (χ4v) is 1.71. The van der Waals surface area contributed by atoms with Crippen molar-refractivity contribution in [2.24, 2.45) is 0 Å². The lowest BCUT2D eigenvalue weighted by Crippen LogP contribution is -2.17. The summed E-state index contributed by atoms with van der Waals surface area (Å²) in [4.78, 5) is 8.55. The molecule has 1 unspecified atom stereocenters. The van der Waals surface area contributed by atoms with E-state index in [0.717, 1.165) is 6.42 Å². The monoisotopic (exact) mass is 251 g/mol. The number of rotatable bonds is 8. The molecule has 18 heavy (non-hydrogen) atoms. The number of ether oxygens (including phenoxy) is 1. The lowest BCUT2D eigenvalue weighted by atomic mass is 10.1.